The van der Waals surface area contributed by atoms with Crippen LogP contribution in [0.1, 0.15) is 43.6 Å². The van der Waals surface area contributed by atoms with Crippen molar-refractivity contribution in [2.24, 2.45) is 5.92 Å². The first kappa shape index (κ1) is 25.3. The summed E-state index contributed by atoms with van der Waals surface area (Å²) < 4.78 is 11.7. The summed E-state index contributed by atoms with van der Waals surface area (Å²) >= 11 is 5.98. The summed E-state index contributed by atoms with van der Waals surface area (Å²) in [7, 11) is 0. The first-order valence-electron chi connectivity index (χ1n) is 10.8. The molecule has 2 amide bonds. The van der Waals surface area contributed by atoms with Gasteiger partial charge in [0, 0.05) is 18.4 Å². The number of esters is 1. The van der Waals surface area contributed by atoms with Gasteiger partial charge in [0.05, 0.1) is 17.1 Å². The number of nitrogens with one attached hydrogen (secondary N) is 2. The van der Waals surface area contributed by atoms with Crippen LogP contribution in [0.4, 0.5) is 11.4 Å². The molecule has 0 radical (unpaired) electrons. The third-order valence-corrected chi connectivity index (χ3v) is 5.63. The molecule has 11 heteroatoms. The summed E-state index contributed by atoms with van der Waals surface area (Å²) in [6, 6.07) is 5.80. The zero-order chi connectivity index (χ0) is 25.0. The number of pyridine rings is 1. The molecule has 2 aromatic rings. The molecular formula is C23H27ClN4O6. The SMILES string of the molecule is CCOC1OC(=O)C[C@@H]1NC(=O)C(C(C)C)n1cccc(NC(=O)c2ccc(N)c(Cl)c2)c1=O. The highest BCUT2D eigenvalue weighted by molar-refractivity contribution is 6.33. The molecule has 0 saturated carbocycles. The Balaban J connectivity index is 1.83. The number of ether oxygens (including phenoxy) is 2. The van der Waals surface area contributed by atoms with Crippen molar-refractivity contribution in [1.29, 1.82) is 0 Å². The van der Waals surface area contributed by atoms with Crippen LogP contribution in [0.15, 0.2) is 41.3 Å². The van der Waals surface area contributed by atoms with Crippen molar-refractivity contribution in [3.8, 4) is 0 Å². The molecule has 1 aliphatic heterocycles. The molecule has 0 bridgehead atoms. The monoisotopic (exact) mass is 490 g/mol. The maximum atomic E-state index is 13.2. The van der Waals surface area contributed by atoms with E-state index in [0.29, 0.717) is 12.3 Å². The smallest absolute Gasteiger partial charge is 0.310 e. The molecule has 2 unspecified atom stereocenters. The molecule has 0 aliphatic carbocycles. The lowest BCUT2D eigenvalue weighted by Gasteiger charge is -2.26. The second-order valence-corrected chi connectivity index (χ2v) is 8.55. The number of carbonyl (C=O) groups excluding carboxylic acids is 3. The number of nitrogen functional groups attached to an aromatic ring is 1. The Morgan fingerprint density at radius 3 is 2.68 bits per heavy atom. The standard InChI is InChI=1S/C23H27ClN4O6/c1-4-33-23-17(11-18(29)34-23)27-21(31)19(12(2)3)28-9-5-6-16(22(28)32)26-20(30)13-7-8-15(25)14(24)10-13/h5-10,12,17,19,23H,4,11,25H2,1-3H3,(H,26,30)(H,27,31)/t17-,19?,23?/m0/s1. The van der Waals surface area contributed by atoms with E-state index in [1.165, 1.54) is 35.0 Å². The van der Waals surface area contributed by atoms with Gasteiger partial charge in [0.25, 0.3) is 11.5 Å². The van der Waals surface area contributed by atoms with Crippen LogP contribution in [0.3, 0.4) is 0 Å². The van der Waals surface area contributed by atoms with E-state index in [2.05, 4.69) is 10.6 Å². The fourth-order valence-corrected chi connectivity index (χ4v) is 3.86. The molecular weight excluding hydrogens is 464 g/mol. The quantitative estimate of drug-likeness (QED) is 0.380. The maximum absolute atomic E-state index is 13.2. The highest BCUT2D eigenvalue weighted by atomic mass is 35.5. The molecule has 182 valence electrons. The minimum absolute atomic E-state index is 0.00883. The Morgan fingerprint density at radius 2 is 2.03 bits per heavy atom. The third kappa shape index (κ3) is 5.57. The maximum Gasteiger partial charge on any atom is 0.310 e. The number of hydrogen-bond donors (Lipinski definition) is 3. The minimum Gasteiger partial charge on any atom is -0.433 e. The van der Waals surface area contributed by atoms with Crippen LogP contribution in [0.2, 0.25) is 5.02 Å². The van der Waals surface area contributed by atoms with Crippen LogP contribution in [-0.2, 0) is 19.1 Å². The molecule has 3 rings (SSSR count). The number of rotatable bonds is 8. The largest absolute Gasteiger partial charge is 0.433 e. The molecule has 1 fully saturated rings. The van der Waals surface area contributed by atoms with Gasteiger partial charge in [-0.3, -0.25) is 19.2 Å². The second kappa shape index (κ2) is 10.7. The van der Waals surface area contributed by atoms with Crippen LogP contribution in [0.5, 0.6) is 0 Å². The molecule has 2 heterocycles. The van der Waals surface area contributed by atoms with Gasteiger partial charge >= 0.3 is 5.97 Å². The van der Waals surface area contributed by atoms with E-state index in [0.717, 1.165) is 0 Å². The Kier molecular flexibility index (Phi) is 7.95. The van der Waals surface area contributed by atoms with Crippen LogP contribution in [0.25, 0.3) is 0 Å². The average Bonchev–Trinajstić information content (AvgIpc) is 3.11. The van der Waals surface area contributed by atoms with Gasteiger partial charge in [-0.2, -0.15) is 0 Å². The first-order chi connectivity index (χ1) is 16.1. The van der Waals surface area contributed by atoms with Crippen LogP contribution in [0, 0.1) is 5.92 Å². The van der Waals surface area contributed by atoms with E-state index in [1.54, 1.807) is 26.8 Å². The summed E-state index contributed by atoms with van der Waals surface area (Å²) in [4.78, 5) is 50.7. The van der Waals surface area contributed by atoms with Crippen molar-refractivity contribution in [1.82, 2.24) is 9.88 Å². The number of aromatic nitrogens is 1. The lowest BCUT2D eigenvalue weighted by molar-refractivity contribution is -0.164. The Morgan fingerprint density at radius 1 is 1.29 bits per heavy atom. The number of benzene rings is 1. The molecule has 1 aromatic heterocycles. The lowest BCUT2D eigenvalue weighted by atomic mass is 10.0. The molecule has 1 aliphatic rings. The molecule has 0 spiro atoms. The summed E-state index contributed by atoms with van der Waals surface area (Å²) in [6.45, 7) is 5.63. The molecule has 34 heavy (non-hydrogen) atoms. The number of carbonyl (C=O) groups is 3. The van der Waals surface area contributed by atoms with Gasteiger partial charge in [-0.15, -0.1) is 0 Å². The number of halogens is 1. The summed E-state index contributed by atoms with van der Waals surface area (Å²) in [5.41, 5.74) is 5.65. The number of anilines is 2. The van der Waals surface area contributed by atoms with Gasteiger partial charge in [0.2, 0.25) is 12.2 Å². The molecule has 1 saturated heterocycles. The molecule has 10 nitrogen and oxygen atoms in total. The second-order valence-electron chi connectivity index (χ2n) is 8.15. The number of hydrogen-bond acceptors (Lipinski definition) is 7. The van der Waals surface area contributed by atoms with E-state index in [-0.39, 0.29) is 28.6 Å². The van der Waals surface area contributed by atoms with Crippen molar-refractivity contribution in [3.05, 3.63) is 57.5 Å². The summed E-state index contributed by atoms with van der Waals surface area (Å²) in [6.07, 6.45) is 0.554. The predicted octanol–water partition coefficient (Wildman–Crippen LogP) is 2.33. The van der Waals surface area contributed by atoms with Gasteiger partial charge in [0.1, 0.15) is 17.8 Å². The third-order valence-electron chi connectivity index (χ3n) is 5.31. The van der Waals surface area contributed by atoms with Gasteiger partial charge in [-0.1, -0.05) is 25.4 Å². The number of cyclic esters (lactones) is 1. The normalized spacial score (nSPS) is 18.4. The van der Waals surface area contributed by atoms with E-state index >= 15 is 0 Å². The number of amides is 2. The van der Waals surface area contributed by atoms with Crippen LogP contribution >= 0.6 is 11.6 Å². The molecule has 1 aromatic carbocycles. The molecule has 3 atom stereocenters. The Hall–Kier alpha value is -3.37. The summed E-state index contributed by atoms with van der Waals surface area (Å²) in [5.74, 6) is -1.79. The highest BCUT2D eigenvalue weighted by Crippen LogP contribution is 2.22. The first-order valence-corrected chi connectivity index (χ1v) is 11.2. The van der Waals surface area contributed by atoms with Crippen molar-refractivity contribution in [2.75, 3.05) is 17.7 Å². The highest BCUT2D eigenvalue weighted by Gasteiger charge is 2.38. The number of nitrogens with two attached hydrogens (primary N) is 1. The van der Waals surface area contributed by atoms with E-state index in [1.807, 2.05) is 0 Å². The minimum atomic E-state index is -0.909. The zero-order valence-corrected chi connectivity index (χ0v) is 19.8. The zero-order valence-electron chi connectivity index (χ0n) is 19.0. The lowest BCUT2D eigenvalue weighted by Crippen LogP contribution is -2.47. The Labute approximate surface area is 201 Å². The van der Waals surface area contributed by atoms with Crippen molar-refractivity contribution >= 4 is 40.8 Å². The van der Waals surface area contributed by atoms with Crippen LogP contribution in [-0.4, -0.2) is 41.3 Å². The predicted molar refractivity (Wildman–Crippen MR) is 126 cm³/mol. The van der Waals surface area contributed by atoms with Gasteiger partial charge < -0.3 is 30.4 Å². The fourth-order valence-electron chi connectivity index (χ4n) is 3.67. The van der Waals surface area contributed by atoms with E-state index in [4.69, 9.17) is 26.8 Å². The van der Waals surface area contributed by atoms with Crippen molar-refractivity contribution in [3.63, 3.8) is 0 Å². The van der Waals surface area contributed by atoms with E-state index in [9.17, 15) is 19.2 Å². The topological polar surface area (TPSA) is 142 Å². The van der Waals surface area contributed by atoms with Crippen molar-refractivity contribution < 1.29 is 23.9 Å². The fraction of sp³-hybridized carbons (Fsp3) is 0.391. The molecule has 4 N–H and O–H groups in total. The summed E-state index contributed by atoms with van der Waals surface area (Å²) in [5, 5.41) is 5.54. The van der Waals surface area contributed by atoms with E-state index < -0.39 is 41.7 Å². The van der Waals surface area contributed by atoms with Gasteiger partial charge in [-0.05, 0) is 43.2 Å². The Bertz CT molecular complexity index is 1150. The van der Waals surface area contributed by atoms with Crippen molar-refractivity contribution in [2.45, 2.75) is 45.6 Å². The van der Waals surface area contributed by atoms with Gasteiger partial charge in [0.15, 0.2) is 0 Å². The van der Waals surface area contributed by atoms with Gasteiger partial charge in [-0.25, -0.2) is 0 Å². The number of nitrogens with zero attached hydrogens (tertiary/aromatic N) is 1. The average molecular weight is 491 g/mol. The van der Waals surface area contributed by atoms with Crippen LogP contribution < -0.4 is 21.9 Å².